The molecule has 1 atom stereocenters. The van der Waals surface area contributed by atoms with E-state index >= 15 is 4.39 Å². The van der Waals surface area contributed by atoms with Crippen LogP contribution in [0, 0.1) is 5.82 Å². The van der Waals surface area contributed by atoms with Gasteiger partial charge >= 0.3 is 0 Å². The Morgan fingerprint density at radius 1 is 0.897 bits per heavy atom. The summed E-state index contributed by atoms with van der Waals surface area (Å²) >= 11 is 0. The van der Waals surface area contributed by atoms with Gasteiger partial charge in [-0.15, -0.1) is 0 Å². The van der Waals surface area contributed by atoms with Crippen LogP contribution in [0.15, 0.2) is 78.9 Å². The number of hydrogen-bond acceptors (Lipinski definition) is 3. The molecule has 1 heterocycles. The number of ether oxygens (including phenoxy) is 1. The number of halogens is 1. The van der Waals surface area contributed by atoms with Gasteiger partial charge in [-0.1, -0.05) is 73.5 Å². The minimum Gasteiger partial charge on any atom is -0.491 e. The van der Waals surface area contributed by atoms with E-state index in [2.05, 4.69) is 12.1 Å². The third kappa shape index (κ3) is 5.70. The highest BCUT2D eigenvalue weighted by Gasteiger charge is 2.47. The van der Waals surface area contributed by atoms with Gasteiger partial charge in [-0.25, -0.2) is 4.39 Å². The topological polar surface area (TPSA) is 49.9 Å². The van der Waals surface area contributed by atoms with Crippen molar-refractivity contribution in [2.24, 2.45) is 0 Å². The molecule has 0 unspecified atom stereocenters. The maximum absolute atomic E-state index is 15.2. The lowest BCUT2D eigenvalue weighted by atomic mass is 9.76. The normalized spacial score (nSPS) is 19.9. The van der Waals surface area contributed by atoms with Crippen molar-refractivity contribution in [2.45, 2.75) is 56.4 Å². The number of amides is 2. The van der Waals surface area contributed by atoms with Crippen LogP contribution in [0.25, 0.3) is 0 Å². The second-order valence-electron chi connectivity index (χ2n) is 10.9. The average molecular weight is 529 g/mol. The van der Waals surface area contributed by atoms with Crippen LogP contribution in [-0.4, -0.2) is 54.4 Å². The Morgan fingerprint density at radius 3 is 2.33 bits per heavy atom. The van der Waals surface area contributed by atoms with Crippen molar-refractivity contribution in [3.63, 3.8) is 0 Å². The first kappa shape index (κ1) is 26.9. The van der Waals surface area contributed by atoms with E-state index in [9.17, 15) is 9.59 Å². The van der Waals surface area contributed by atoms with E-state index in [1.807, 2.05) is 47.4 Å². The smallest absolute Gasteiger partial charge is 0.257 e. The molecule has 39 heavy (non-hydrogen) atoms. The quantitative estimate of drug-likeness (QED) is 0.416. The number of rotatable bonds is 4. The lowest BCUT2D eigenvalue weighted by molar-refractivity contribution is -0.140. The van der Waals surface area contributed by atoms with E-state index in [1.165, 1.54) is 6.07 Å². The van der Waals surface area contributed by atoms with Crippen molar-refractivity contribution >= 4 is 11.8 Å². The van der Waals surface area contributed by atoms with Crippen molar-refractivity contribution in [1.29, 1.82) is 0 Å². The number of carbonyl (C=O) groups is 2. The number of hydrogen-bond donors (Lipinski definition) is 0. The summed E-state index contributed by atoms with van der Waals surface area (Å²) in [5.41, 5.74) is 1.26. The fraction of sp³-hybridized carbons (Fsp3) is 0.394. The lowest BCUT2D eigenvalue weighted by Crippen LogP contribution is -2.53. The van der Waals surface area contributed by atoms with Gasteiger partial charge in [0.15, 0.2) is 0 Å². The number of benzene rings is 3. The van der Waals surface area contributed by atoms with Gasteiger partial charge in [0.1, 0.15) is 18.2 Å². The minimum atomic E-state index is -0.873. The first-order valence-corrected chi connectivity index (χ1v) is 14.1. The maximum Gasteiger partial charge on any atom is 0.257 e. The summed E-state index contributed by atoms with van der Waals surface area (Å²) < 4.78 is 21.6. The van der Waals surface area contributed by atoms with Crippen LogP contribution in [0.2, 0.25) is 0 Å². The number of nitrogens with zero attached hydrogens (tertiary/aromatic N) is 2. The molecule has 3 aromatic carbocycles. The molecule has 2 aliphatic rings. The maximum atomic E-state index is 15.2. The zero-order chi connectivity index (χ0) is 27.2. The molecule has 1 fully saturated rings. The molecule has 204 valence electrons. The molecule has 2 amide bonds. The van der Waals surface area contributed by atoms with E-state index in [0.29, 0.717) is 49.2 Å². The summed E-state index contributed by atoms with van der Waals surface area (Å²) in [5, 5.41) is 0. The van der Waals surface area contributed by atoms with Gasteiger partial charge < -0.3 is 14.5 Å². The van der Waals surface area contributed by atoms with E-state index in [4.69, 9.17) is 4.74 Å². The van der Waals surface area contributed by atoms with E-state index in [0.717, 1.165) is 31.2 Å². The molecule has 0 aromatic heterocycles. The van der Waals surface area contributed by atoms with Crippen LogP contribution >= 0.6 is 0 Å². The van der Waals surface area contributed by atoms with Crippen molar-refractivity contribution in [2.75, 3.05) is 26.7 Å². The van der Waals surface area contributed by atoms with Crippen molar-refractivity contribution in [1.82, 2.24) is 9.80 Å². The highest BCUT2D eigenvalue weighted by Crippen LogP contribution is 2.44. The van der Waals surface area contributed by atoms with Gasteiger partial charge in [-0.2, -0.15) is 0 Å². The predicted octanol–water partition coefficient (Wildman–Crippen LogP) is 6.02. The monoisotopic (exact) mass is 528 g/mol. The highest BCUT2D eigenvalue weighted by molar-refractivity contribution is 5.96. The minimum absolute atomic E-state index is 0.00981. The Bertz CT molecular complexity index is 1290. The van der Waals surface area contributed by atoms with Gasteiger partial charge in [-0.3, -0.25) is 9.59 Å². The summed E-state index contributed by atoms with van der Waals surface area (Å²) in [7, 11) is 1.80. The molecule has 0 saturated heterocycles. The molecule has 0 bridgehead atoms. The highest BCUT2D eigenvalue weighted by atomic mass is 19.1. The molecule has 1 saturated carbocycles. The van der Waals surface area contributed by atoms with Gasteiger partial charge in [0.05, 0.1) is 17.0 Å². The van der Waals surface area contributed by atoms with Crippen molar-refractivity contribution in [3.05, 3.63) is 101 Å². The van der Waals surface area contributed by atoms with Gasteiger partial charge in [0, 0.05) is 25.7 Å². The summed E-state index contributed by atoms with van der Waals surface area (Å²) in [6, 6.07) is 23.9. The fourth-order valence-electron chi connectivity index (χ4n) is 6.19. The largest absolute Gasteiger partial charge is 0.491 e. The molecule has 1 aliphatic heterocycles. The average Bonchev–Trinajstić information content (AvgIpc) is 3.46. The zero-order valence-corrected chi connectivity index (χ0v) is 22.7. The first-order valence-electron chi connectivity index (χ1n) is 14.1. The number of para-hydroxylation sites is 1. The molecule has 5 rings (SSSR count). The SMILES string of the molecule is CN1CCCCN(C(=O)C2(c3ccccc3F)CCCC2)[C@H](Cc2ccccc2)COc2ccccc2C1=O. The molecule has 0 N–H and O–H groups in total. The number of fused-ring (bicyclic) bond motifs is 1. The molecular weight excluding hydrogens is 491 g/mol. The summed E-state index contributed by atoms with van der Waals surface area (Å²) in [6.07, 6.45) is 5.19. The second-order valence-corrected chi connectivity index (χ2v) is 10.9. The Kier molecular flexibility index (Phi) is 8.30. The summed E-state index contributed by atoms with van der Waals surface area (Å²) in [6.45, 7) is 1.35. The van der Waals surface area contributed by atoms with Crippen LogP contribution < -0.4 is 4.74 Å². The summed E-state index contributed by atoms with van der Waals surface area (Å²) in [5.74, 6) is 0.129. The van der Waals surface area contributed by atoms with E-state index < -0.39 is 5.41 Å². The van der Waals surface area contributed by atoms with Gasteiger partial charge in [0.2, 0.25) is 5.91 Å². The van der Waals surface area contributed by atoms with Gasteiger partial charge in [-0.05, 0) is 55.9 Å². The lowest BCUT2D eigenvalue weighted by Gasteiger charge is -2.40. The van der Waals surface area contributed by atoms with E-state index in [1.54, 1.807) is 30.1 Å². The third-order valence-corrected chi connectivity index (χ3v) is 8.31. The second kappa shape index (κ2) is 12.0. The van der Waals surface area contributed by atoms with Crippen LogP contribution in [-0.2, 0) is 16.6 Å². The molecular formula is C33H37FN2O3. The molecule has 5 nitrogen and oxygen atoms in total. The van der Waals surface area contributed by atoms with E-state index in [-0.39, 0.29) is 30.3 Å². The number of carbonyl (C=O) groups excluding carboxylic acids is 2. The Labute approximate surface area is 230 Å². The van der Waals surface area contributed by atoms with Crippen LogP contribution in [0.5, 0.6) is 5.75 Å². The molecule has 0 spiro atoms. The first-order chi connectivity index (χ1) is 19.0. The Balaban J connectivity index is 1.55. The molecule has 3 aromatic rings. The summed E-state index contributed by atoms with van der Waals surface area (Å²) in [4.78, 5) is 31.5. The fourth-order valence-corrected chi connectivity index (χ4v) is 6.19. The zero-order valence-electron chi connectivity index (χ0n) is 22.7. The molecule has 0 radical (unpaired) electrons. The van der Waals surface area contributed by atoms with Crippen LogP contribution in [0.1, 0.15) is 60.0 Å². The third-order valence-electron chi connectivity index (χ3n) is 8.31. The molecule has 6 heteroatoms. The standard InChI is InChI=1S/C33H37FN2O3/c1-35-21-11-12-22-36(32(38)33(19-9-10-20-33)28-16-6-7-17-29(28)34)26(23-25-13-3-2-4-14-25)24-39-30-18-8-5-15-27(30)31(35)37/h2-8,13-18,26H,9-12,19-24H2,1H3/t26-/m1/s1. The Morgan fingerprint density at radius 2 is 1.56 bits per heavy atom. The molecule has 1 aliphatic carbocycles. The van der Waals surface area contributed by atoms with Crippen molar-refractivity contribution < 1.29 is 18.7 Å². The van der Waals surface area contributed by atoms with Crippen LogP contribution in [0.3, 0.4) is 0 Å². The predicted molar refractivity (Wildman–Crippen MR) is 150 cm³/mol. The van der Waals surface area contributed by atoms with Crippen molar-refractivity contribution in [3.8, 4) is 5.75 Å². The van der Waals surface area contributed by atoms with Crippen LogP contribution in [0.4, 0.5) is 4.39 Å². The van der Waals surface area contributed by atoms with Gasteiger partial charge in [0.25, 0.3) is 5.91 Å². The Hall–Kier alpha value is -3.67.